The molecule has 4 aliphatic rings. The maximum atomic E-state index is 14.1. The molecule has 3 aromatic rings. The van der Waals surface area contributed by atoms with Gasteiger partial charge in [-0.2, -0.15) is 0 Å². The quantitative estimate of drug-likeness (QED) is 0.353. The number of ether oxygens (including phenoxy) is 1. The summed E-state index contributed by atoms with van der Waals surface area (Å²) in [5, 5.41) is 2.87. The van der Waals surface area contributed by atoms with E-state index in [1.165, 1.54) is 12.0 Å². The van der Waals surface area contributed by atoms with Crippen LogP contribution in [0.2, 0.25) is 0 Å². The molecule has 2 bridgehead atoms. The van der Waals surface area contributed by atoms with E-state index in [4.69, 9.17) is 4.74 Å². The van der Waals surface area contributed by atoms with Crippen LogP contribution in [0.25, 0.3) is 0 Å². The van der Waals surface area contributed by atoms with Crippen LogP contribution >= 0.6 is 0 Å². The maximum absolute atomic E-state index is 14.1. The molecule has 0 radical (unpaired) electrons. The topological polar surface area (TPSA) is 92.8 Å². The SMILES string of the molecule is CCCC[C@H](C(=O)Nc1ccc(C(=O)OC)cc1)N1C(=O)[C@H]2C3c4ccccc4C(c4ccccc43)[C@@H]2C1=O. The van der Waals surface area contributed by atoms with E-state index in [9.17, 15) is 19.2 Å². The van der Waals surface area contributed by atoms with Gasteiger partial charge < -0.3 is 10.1 Å². The van der Waals surface area contributed by atoms with Gasteiger partial charge in [0.15, 0.2) is 0 Å². The smallest absolute Gasteiger partial charge is 0.337 e. The second-order valence-electron chi connectivity index (χ2n) is 10.5. The number of methoxy groups -OCH3 is 1. The van der Waals surface area contributed by atoms with Crippen molar-refractivity contribution in [3.8, 4) is 0 Å². The molecule has 7 heteroatoms. The van der Waals surface area contributed by atoms with Crippen molar-refractivity contribution in [2.75, 3.05) is 12.4 Å². The van der Waals surface area contributed by atoms with Crippen molar-refractivity contribution in [1.82, 2.24) is 4.90 Å². The monoisotopic (exact) mass is 522 g/mol. The molecule has 3 aliphatic carbocycles. The van der Waals surface area contributed by atoms with Gasteiger partial charge in [-0.1, -0.05) is 68.3 Å². The fourth-order valence-corrected chi connectivity index (χ4v) is 6.82. The van der Waals surface area contributed by atoms with Crippen molar-refractivity contribution in [1.29, 1.82) is 0 Å². The van der Waals surface area contributed by atoms with Gasteiger partial charge in [-0.3, -0.25) is 19.3 Å². The zero-order chi connectivity index (χ0) is 27.3. The Morgan fingerprint density at radius 3 is 1.74 bits per heavy atom. The predicted molar refractivity (Wildman–Crippen MR) is 145 cm³/mol. The number of nitrogens with zero attached hydrogens (tertiary/aromatic N) is 1. The highest BCUT2D eigenvalue weighted by molar-refractivity contribution is 6.11. The van der Waals surface area contributed by atoms with Crippen molar-refractivity contribution in [3.05, 3.63) is 101 Å². The fourth-order valence-electron chi connectivity index (χ4n) is 6.82. The minimum atomic E-state index is -0.915. The first-order valence-corrected chi connectivity index (χ1v) is 13.5. The maximum Gasteiger partial charge on any atom is 0.337 e. The van der Waals surface area contributed by atoms with E-state index in [0.717, 1.165) is 28.7 Å². The van der Waals surface area contributed by atoms with Crippen LogP contribution in [0.3, 0.4) is 0 Å². The van der Waals surface area contributed by atoms with Crippen LogP contribution in [0.4, 0.5) is 5.69 Å². The van der Waals surface area contributed by atoms with E-state index in [1.54, 1.807) is 24.3 Å². The molecule has 198 valence electrons. The molecule has 1 heterocycles. The molecule has 7 nitrogen and oxygen atoms in total. The zero-order valence-electron chi connectivity index (χ0n) is 21.9. The summed E-state index contributed by atoms with van der Waals surface area (Å²) in [5.41, 5.74) is 5.25. The molecule has 0 unspecified atom stereocenters. The van der Waals surface area contributed by atoms with Crippen LogP contribution in [0.1, 0.15) is 70.6 Å². The van der Waals surface area contributed by atoms with E-state index >= 15 is 0 Å². The van der Waals surface area contributed by atoms with Crippen molar-refractivity contribution in [2.24, 2.45) is 11.8 Å². The summed E-state index contributed by atoms with van der Waals surface area (Å²) in [6.07, 6.45) is 1.90. The van der Waals surface area contributed by atoms with E-state index in [0.29, 0.717) is 24.1 Å². The van der Waals surface area contributed by atoms with E-state index in [1.807, 2.05) is 31.2 Å². The lowest BCUT2D eigenvalue weighted by atomic mass is 9.55. The molecular formula is C32H30N2O5. The first kappa shape index (κ1) is 25.0. The lowest BCUT2D eigenvalue weighted by Gasteiger charge is -2.45. The summed E-state index contributed by atoms with van der Waals surface area (Å²) >= 11 is 0. The van der Waals surface area contributed by atoms with Gasteiger partial charge in [0.2, 0.25) is 17.7 Å². The number of hydrogen-bond donors (Lipinski definition) is 1. The van der Waals surface area contributed by atoms with Crippen LogP contribution in [0.15, 0.2) is 72.8 Å². The Kier molecular flexibility index (Phi) is 6.29. The lowest BCUT2D eigenvalue weighted by Crippen LogP contribution is -2.48. The Morgan fingerprint density at radius 2 is 1.31 bits per heavy atom. The molecule has 1 fully saturated rings. The van der Waals surface area contributed by atoms with Crippen molar-refractivity contribution in [3.63, 3.8) is 0 Å². The average Bonchev–Trinajstić information content (AvgIpc) is 3.23. The van der Waals surface area contributed by atoms with Crippen molar-refractivity contribution in [2.45, 2.75) is 44.1 Å². The van der Waals surface area contributed by atoms with E-state index < -0.39 is 29.8 Å². The third kappa shape index (κ3) is 3.87. The van der Waals surface area contributed by atoms with Gasteiger partial charge in [-0.25, -0.2) is 4.79 Å². The summed E-state index contributed by atoms with van der Waals surface area (Å²) in [6, 6.07) is 21.7. The highest BCUT2D eigenvalue weighted by Gasteiger charge is 2.62. The molecular weight excluding hydrogens is 492 g/mol. The van der Waals surface area contributed by atoms with Crippen molar-refractivity contribution >= 4 is 29.4 Å². The summed E-state index contributed by atoms with van der Waals surface area (Å²) in [4.78, 5) is 55.0. The number of nitrogens with one attached hydrogen (secondary N) is 1. The van der Waals surface area contributed by atoms with Crippen LogP contribution in [-0.4, -0.2) is 41.7 Å². The number of unbranched alkanes of at least 4 members (excludes halogenated alkanes) is 1. The molecule has 0 saturated carbocycles. The number of carbonyl (C=O) groups excluding carboxylic acids is 4. The number of imide groups is 1. The number of amides is 3. The van der Waals surface area contributed by atoms with E-state index in [-0.39, 0.29) is 23.7 Å². The number of benzene rings is 3. The van der Waals surface area contributed by atoms with Gasteiger partial charge in [0, 0.05) is 17.5 Å². The van der Waals surface area contributed by atoms with Crippen molar-refractivity contribution < 1.29 is 23.9 Å². The molecule has 1 aliphatic heterocycles. The van der Waals surface area contributed by atoms with Gasteiger partial charge in [0.05, 0.1) is 24.5 Å². The van der Waals surface area contributed by atoms with Crippen LogP contribution in [0, 0.1) is 11.8 Å². The summed E-state index contributed by atoms with van der Waals surface area (Å²) in [6.45, 7) is 2.02. The van der Waals surface area contributed by atoms with Crippen LogP contribution in [-0.2, 0) is 19.1 Å². The van der Waals surface area contributed by atoms with Crippen LogP contribution in [0.5, 0.6) is 0 Å². The Balaban J connectivity index is 1.34. The predicted octanol–water partition coefficient (Wildman–Crippen LogP) is 4.86. The van der Waals surface area contributed by atoms with Gasteiger partial charge in [0.25, 0.3) is 0 Å². The Hall–Kier alpha value is -4.26. The Labute approximate surface area is 227 Å². The number of hydrogen-bond acceptors (Lipinski definition) is 5. The highest BCUT2D eigenvalue weighted by atomic mass is 16.5. The molecule has 3 amide bonds. The molecule has 7 rings (SSSR count). The van der Waals surface area contributed by atoms with Gasteiger partial charge in [-0.15, -0.1) is 0 Å². The second-order valence-corrected chi connectivity index (χ2v) is 10.5. The zero-order valence-corrected chi connectivity index (χ0v) is 21.9. The van der Waals surface area contributed by atoms with Crippen LogP contribution < -0.4 is 5.32 Å². The minimum Gasteiger partial charge on any atom is -0.465 e. The highest BCUT2D eigenvalue weighted by Crippen LogP contribution is 2.61. The summed E-state index contributed by atoms with van der Waals surface area (Å²) in [5.74, 6) is -2.88. The molecule has 1 saturated heterocycles. The molecule has 3 aromatic carbocycles. The first-order chi connectivity index (χ1) is 19.0. The third-order valence-electron chi connectivity index (χ3n) is 8.50. The normalized spacial score (nSPS) is 23.1. The first-order valence-electron chi connectivity index (χ1n) is 13.5. The minimum absolute atomic E-state index is 0.213. The van der Waals surface area contributed by atoms with Gasteiger partial charge >= 0.3 is 5.97 Å². The molecule has 39 heavy (non-hydrogen) atoms. The number of esters is 1. The number of carbonyl (C=O) groups is 4. The lowest BCUT2D eigenvalue weighted by molar-refractivity contribution is -0.147. The summed E-state index contributed by atoms with van der Waals surface area (Å²) < 4.78 is 4.74. The summed E-state index contributed by atoms with van der Waals surface area (Å²) in [7, 11) is 1.31. The largest absolute Gasteiger partial charge is 0.465 e. The average molecular weight is 523 g/mol. The Morgan fingerprint density at radius 1 is 0.821 bits per heavy atom. The number of anilines is 1. The third-order valence-corrected chi connectivity index (χ3v) is 8.50. The molecule has 3 atom stereocenters. The number of likely N-dealkylation sites (tertiary alicyclic amines) is 1. The van der Waals surface area contributed by atoms with Gasteiger partial charge in [-0.05, 0) is 52.9 Å². The molecule has 1 N–H and O–H groups in total. The fraction of sp³-hybridized carbons (Fsp3) is 0.312. The molecule has 0 aromatic heterocycles. The molecule has 0 spiro atoms. The second kappa shape index (κ2) is 9.80. The van der Waals surface area contributed by atoms with E-state index in [2.05, 4.69) is 29.6 Å². The standard InChI is InChI=1S/C32H30N2O5/c1-3-4-13-24(29(35)33-19-16-14-18(15-17-19)32(38)39-2)34-30(36)27-25-20-9-5-6-10-21(20)26(28(27)31(34)37)23-12-8-7-11-22(23)25/h5-12,14-17,24-28H,3-4,13H2,1-2H3,(H,33,35)/t24-,25?,26?,27+,28+/m1/s1. The Bertz CT molecular complexity index is 1360. The number of rotatable bonds is 7. The van der Waals surface area contributed by atoms with Gasteiger partial charge in [0.1, 0.15) is 6.04 Å².